The molecular formula is C19H22N6OS2. The lowest BCUT2D eigenvalue weighted by Crippen LogP contribution is -2.15. The standard InChI is InChI=1S/C19H22N6OS2/c1-24(2)8-4-9-26-17-7-6-14(11-20-17)16-13-25-19(22-16)28-18(23-25)21-12-15-5-3-10-27-15/h3,5-7,10-11,13H,4,8-9,12H2,1-2H3,(H,21,23). The van der Waals surface area contributed by atoms with Gasteiger partial charge in [0.2, 0.25) is 16.0 Å². The van der Waals surface area contributed by atoms with Gasteiger partial charge < -0.3 is 15.0 Å². The number of hydrogen-bond acceptors (Lipinski definition) is 8. The van der Waals surface area contributed by atoms with E-state index in [2.05, 4.69) is 56.9 Å². The van der Waals surface area contributed by atoms with E-state index in [1.54, 1.807) is 17.5 Å². The lowest BCUT2D eigenvalue weighted by molar-refractivity contribution is 0.273. The van der Waals surface area contributed by atoms with Crippen molar-refractivity contribution in [1.29, 1.82) is 0 Å². The average molecular weight is 415 g/mol. The van der Waals surface area contributed by atoms with Crippen molar-refractivity contribution >= 4 is 32.8 Å². The van der Waals surface area contributed by atoms with Crippen LogP contribution in [0.15, 0.2) is 42.0 Å². The van der Waals surface area contributed by atoms with Gasteiger partial charge in [-0.1, -0.05) is 17.4 Å². The average Bonchev–Trinajstić information content (AvgIpc) is 3.40. The number of pyridine rings is 1. The Morgan fingerprint density at radius 3 is 2.89 bits per heavy atom. The number of nitrogens with one attached hydrogen (secondary N) is 1. The van der Waals surface area contributed by atoms with E-state index in [4.69, 9.17) is 4.74 Å². The maximum atomic E-state index is 5.68. The van der Waals surface area contributed by atoms with Crippen LogP contribution >= 0.6 is 22.7 Å². The van der Waals surface area contributed by atoms with Gasteiger partial charge in [-0.05, 0) is 38.0 Å². The van der Waals surface area contributed by atoms with Crippen LogP contribution in [0.5, 0.6) is 5.88 Å². The van der Waals surface area contributed by atoms with E-state index in [0.29, 0.717) is 12.5 Å². The maximum Gasteiger partial charge on any atom is 0.214 e. The second kappa shape index (κ2) is 8.68. The number of thiophene rings is 1. The first-order chi connectivity index (χ1) is 13.7. The fraction of sp³-hybridized carbons (Fsp3) is 0.316. The molecule has 7 nitrogen and oxygen atoms in total. The summed E-state index contributed by atoms with van der Waals surface area (Å²) < 4.78 is 7.49. The van der Waals surface area contributed by atoms with Crippen molar-refractivity contribution in [3.05, 3.63) is 46.9 Å². The first kappa shape index (κ1) is 18.9. The highest BCUT2D eigenvalue weighted by Gasteiger charge is 2.10. The Hall–Kier alpha value is -2.49. The van der Waals surface area contributed by atoms with Crippen molar-refractivity contribution < 1.29 is 4.74 Å². The zero-order valence-electron chi connectivity index (χ0n) is 15.8. The molecule has 0 saturated heterocycles. The minimum atomic E-state index is 0.640. The van der Waals surface area contributed by atoms with Gasteiger partial charge >= 0.3 is 0 Å². The molecule has 0 radical (unpaired) electrons. The molecule has 0 fully saturated rings. The molecule has 0 amide bonds. The van der Waals surface area contributed by atoms with Gasteiger partial charge in [0, 0.05) is 29.2 Å². The zero-order valence-corrected chi connectivity index (χ0v) is 17.5. The van der Waals surface area contributed by atoms with Gasteiger partial charge in [0.15, 0.2) is 0 Å². The fourth-order valence-corrected chi connectivity index (χ4v) is 4.08. The Balaban J connectivity index is 1.36. The molecule has 146 valence electrons. The van der Waals surface area contributed by atoms with Crippen LogP contribution in [0, 0.1) is 0 Å². The van der Waals surface area contributed by atoms with Crippen LogP contribution < -0.4 is 10.1 Å². The normalized spacial score (nSPS) is 11.4. The van der Waals surface area contributed by atoms with Crippen LogP contribution in [-0.2, 0) is 6.54 Å². The molecule has 0 atom stereocenters. The molecule has 28 heavy (non-hydrogen) atoms. The Labute approximate surface area is 171 Å². The summed E-state index contributed by atoms with van der Waals surface area (Å²) in [4.78, 5) is 13.3. The molecule has 0 unspecified atom stereocenters. The van der Waals surface area contributed by atoms with E-state index in [0.717, 1.165) is 40.9 Å². The third-order valence-corrected chi connectivity index (χ3v) is 5.83. The summed E-state index contributed by atoms with van der Waals surface area (Å²) in [5.74, 6) is 0.640. The largest absolute Gasteiger partial charge is 0.478 e. The van der Waals surface area contributed by atoms with Gasteiger partial charge in [0.1, 0.15) is 0 Å². The third kappa shape index (κ3) is 4.67. The monoisotopic (exact) mass is 414 g/mol. The number of aromatic nitrogens is 4. The van der Waals surface area contributed by atoms with Crippen LogP contribution in [0.2, 0.25) is 0 Å². The molecule has 0 aromatic carbocycles. The molecule has 1 N–H and O–H groups in total. The SMILES string of the molecule is CN(C)CCCOc1ccc(-c2cn3nc(NCc4cccs4)sc3n2)cn1. The molecule has 0 saturated carbocycles. The van der Waals surface area contributed by atoms with Gasteiger partial charge in [0.25, 0.3) is 0 Å². The highest BCUT2D eigenvalue weighted by atomic mass is 32.1. The summed E-state index contributed by atoms with van der Waals surface area (Å²) in [5, 5.41) is 10.8. The van der Waals surface area contributed by atoms with E-state index >= 15 is 0 Å². The fourth-order valence-electron chi connectivity index (χ4n) is 2.66. The van der Waals surface area contributed by atoms with Crippen LogP contribution in [-0.4, -0.2) is 51.7 Å². The van der Waals surface area contributed by atoms with Gasteiger partial charge in [-0.3, -0.25) is 0 Å². The Bertz CT molecular complexity index is 976. The first-order valence-electron chi connectivity index (χ1n) is 9.04. The molecule has 4 aromatic rings. The summed E-state index contributed by atoms with van der Waals surface area (Å²) in [5.41, 5.74) is 1.81. The Morgan fingerprint density at radius 1 is 1.25 bits per heavy atom. The van der Waals surface area contributed by atoms with E-state index < -0.39 is 0 Å². The smallest absolute Gasteiger partial charge is 0.214 e. The van der Waals surface area contributed by atoms with Crippen LogP contribution in [0.25, 0.3) is 16.2 Å². The molecule has 4 heterocycles. The second-order valence-corrected chi connectivity index (χ2v) is 8.57. The summed E-state index contributed by atoms with van der Waals surface area (Å²) >= 11 is 3.27. The maximum absolute atomic E-state index is 5.68. The number of fused-ring (bicyclic) bond motifs is 1. The molecule has 0 aliphatic heterocycles. The van der Waals surface area contributed by atoms with Crippen LogP contribution in [0.3, 0.4) is 0 Å². The van der Waals surface area contributed by atoms with E-state index in [1.165, 1.54) is 16.2 Å². The summed E-state index contributed by atoms with van der Waals surface area (Å²) in [7, 11) is 4.11. The highest BCUT2D eigenvalue weighted by molar-refractivity contribution is 7.20. The van der Waals surface area contributed by atoms with Gasteiger partial charge in [0.05, 0.1) is 25.0 Å². The molecular weight excluding hydrogens is 392 g/mol. The molecule has 0 bridgehead atoms. The number of ether oxygens (including phenoxy) is 1. The summed E-state index contributed by atoms with van der Waals surface area (Å²) in [6, 6.07) is 8.03. The van der Waals surface area contributed by atoms with Crippen LogP contribution in [0.4, 0.5) is 5.13 Å². The minimum absolute atomic E-state index is 0.640. The van der Waals surface area contributed by atoms with Gasteiger partial charge in [-0.2, -0.15) is 0 Å². The minimum Gasteiger partial charge on any atom is -0.478 e. The van der Waals surface area contributed by atoms with Gasteiger partial charge in [-0.15, -0.1) is 16.4 Å². The molecule has 4 aromatic heterocycles. The van der Waals surface area contributed by atoms with E-state index in [1.807, 2.05) is 22.8 Å². The van der Waals surface area contributed by atoms with Crippen molar-refractivity contribution in [2.45, 2.75) is 13.0 Å². The Kier molecular flexibility index (Phi) is 5.84. The molecule has 0 aliphatic rings. The van der Waals surface area contributed by atoms with E-state index in [-0.39, 0.29) is 0 Å². The number of anilines is 1. The van der Waals surface area contributed by atoms with Crippen molar-refractivity contribution in [3.8, 4) is 17.1 Å². The summed E-state index contributed by atoms with van der Waals surface area (Å²) in [6.45, 7) is 2.44. The van der Waals surface area contributed by atoms with Crippen molar-refractivity contribution in [3.63, 3.8) is 0 Å². The molecule has 9 heteroatoms. The number of nitrogens with zero attached hydrogens (tertiary/aromatic N) is 5. The van der Waals surface area contributed by atoms with Crippen LogP contribution in [0.1, 0.15) is 11.3 Å². The first-order valence-corrected chi connectivity index (χ1v) is 10.7. The molecule has 0 aliphatic carbocycles. The molecule has 0 spiro atoms. The number of rotatable bonds is 9. The number of hydrogen-bond donors (Lipinski definition) is 1. The van der Waals surface area contributed by atoms with Gasteiger partial charge in [-0.25, -0.2) is 14.5 Å². The topological polar surface area (TPSA) is 67.6 Å². The lowest BCUT2D eigenvalue weighted by Gasteiger charge is -2.09. The zero-order chi connectivity index (χ0) is 19.3. The van der Waals surface area contributed by atoms with E-state index in [9.17, 15) is 0 Å². The summed E-state index contributed by atoms with van der Waals surface area (Å²) in [6.07, 6.45) is 4.70. The quantitative estimate of drug-likeness (QED) is 0.420. The van der Waals surface area contributed by atoms with Crippen molar-refractivity contribution in [2.75, 3.05) is 32.6 Å². The number of imidazole rings is 1. The predicted molar refractivity (Wildman–Crippen MR) is 114 cm³/mol. The lowest BCUT2D eigenvalue weighted by atomic mass is 10.2. The molecule has 4 rings (SSSR count). The van der Waals surface area contributed by atoms with Crippen molar-refractivity contribution in [2.24, 2.45) is 0 Å². The third-order valence-electron chi connectivity index (χ3n) is 4.07. The Morgan fingerprint density at radius 2 is 2.18 bits per heavy atom. The highest BCUT2D eigenvalue weighted by Crippen LogP contribution is 2.25. The van der Waals surface area contributed by atoms with Crippen molar-refractivity contribution in [1.82, 2.24) is 24.5 Å². The predicted octanol–water partition coefficient (Wildman–Crippen LogP) is 3.86. The second-order valence-electron chi connectivity index (χ2n) is 6.58.